The van der Waals surface area contributed by atoms with E-state index in [1.165, 1.54) is 0 Å². The van der Waals surface area contributed by atoms with Crippen LogP contribution in [0.3, 0.4) is 0 Å². The second-order valence-corrected chi connectivity index (χ2v) is 7.66. The molecule has 4 aromatic rings. The van der Waals surface area contributed by atoms with Gasteiger partial charge in [-0.2, -0.15) is 0 Å². The number of aromatic amines is 1. The molecule has 3 aromatic heterocycles. The Kier molecular flexibility index (Phi) is 3.61. The van der Waals surface area contributed by atoms with Gasteiger partial charge in [0, 0.05) is 67.9 Å². The van der Waals surface area contributed by atoms with E-state index in [9.17, 15) is 9.59 Å². The van der Waals surface area contributed by atoms with Gasteiger partial charge in [0.2, 0.25) is 5.91 Å². The van der Waals surface area contributed by atoms with Crippen LogP contribution in [0.1, 0.15) is 6.92 Å². The third-order valence-electron chi connectivity index (χ3n) is 5.16. The minimum Gasteiger partial charge on any atom is -0.345 e. The van der Waals surface area contributed by atoms with E-state index < -0.39 is 0 Å². The molecular formula is C19H17N5O2S. The topological polar surface area (TPSA) is 82.2 Å². The summed E-state index contributed by atoms with van der Waals surface area (Å²) < 4.78 is 1.01. The summed E-state index contributed by atoms with van der Waals surface area (Å²) in [5, 5.41) is 4.25. The lowest BCUT2D eigenvalue weighted by molar-refractivity contribution is -0.129. The summed E-state index contributed by atoms with van der Waals surface area (Å²) in [5.74, 6) is 0.114. The van der Waals surface area contributed by atoms with Crippen LogP contribution >= 0.6 is 11.3 Å². The van der Waals surface area contributed by atoms with Gasteiger partial charge in [-0.3, -0.25) is 14.6 Å². The summed E-state index contributed by atoms with van der Waals surface area (Å²) in [6.45, 7) is 4.54. The lowest BCUT2D eigenvalue weighted by atomic mass is 10.0. The van der Waals surface area contributed by atoms with Gasteiger partial charge in [0.25, 0.3) is 5.56 Å². The SMILES string of the molecule is CC(=O)N1CCN(c2nc3c4ccncc4c4c(=O)[nH]ccc4c3s2)CC1. The lowest BCUT2D eigenvalue weighted by Crippen LogP contribution is -2.48. The molecule has 0 atom stereocenters. The van der Waals surface area contributed by atoms with Crippen molar-refractivity contribution >= 4 is 54.1 Å². The van der Waals surface area contributed by atoms with Gasteiger partial charge in [0.1, 0.15) is 0 Å². The van der Waals surface area contributed by atoms with Gasteiger partial charge in [-0.1, -0.05) is 11.3 Å². The number of hydrogen-bond acceptors (Lipinski definition) is 6. The van der Waals surface area contributed by atoms with Crippen LogP contribution in [0, 0.1) is 0 Å². The minimum absolute atomic E-state index is 0.113. The number of rotatable bonds is 1. The maximum atomic E-state index is 12.5. The molecule has 1 aliphatic heterocycles. The van der Waals surface area contributed by atoms with E-state index in [0.717, 1.165) is 44.6 Å². The zero-order valence-corrected chi connectivity index (χ0v) is 15.5. The van der Waals surface area contributed by atoms with Gasteiger partial charge < -0.3 is 14.8 Å². The number of nitrogens with one attached hydrogen (secondary N) is 1. The van der Waals surface area contributed by atoms with Crippen molar-refractivity contribution in [3.05, 3.63) is 41.1 Å². The van der Waals surface area contributed by atoms with Crippen LogP contribution in [0.2, 0.25) is 0 Å². The van der Waals surface area contributed by atoms with Gasteiger partial charge in [0.05, 0.1) is 15.6 Å². The van der Waals surface area contributed by atoms with Crippen LogP contribution in [0.15, 0.2) is 35.5 Å². The fourth-order valence-electron chi connectivity index (χ4n) is 3.76. The number of amides is 1. The summed E-state index contributed by atoms with van der Waals surface area (Å²) in [6, 6.07) is 3.85. The number of hydrogen-bond donors (Lipinski definition) is 1. The molecule has 0 bridgehead atoms. The van der Waals surface area contributed by atoms with E-state index in [4.69, 9.17) is 4.98 Å². The monoisotopic (exact) mass is 379 g/mol. The molecule has 7 nitrogen and oxygen atoms in total. The number of piperazine rings is 1. The average Bonchev–Trinajstić information content (AvgIpc) is 3.14. The summed E-state index contributed by atoms with van der Waals surface area (Å²) in [4.78, 5) is 40.0. The first kappa shape index (κ1) is 16.2. The second kappa shape index (κ2) is 6.02. The summed E-state index contributed by atoms with van der Waals surface area (Å²) >= 11 is 1.60. The standard InChI is InChI=1S/C19H17N5O2S/c1-11(25)23-6-8-24(9-7-23)19-22-16-12-2-4-20-10-14(12)15-13(17(16)27-19)3-5-21-18(15)26/h2-5,10H,6-9H2,1H3,(H,21,26). The van der Waals surface area contributed by atoms with E-state index in [2.05, 4.69) is 14.9 Å². The molecule has 136 valence electrons. The molecule has 4 heterocycles. The van der Waals surface area contributed by atoms with Crippen molar-refractivity contribution in [3.8, 4) is 0 Å². The molecule has 0 spiro atoms. The number of nitrogens with zero attached hydrogens (tertiary/aromatic N) is 4. The second-order valence-electron chi connectivity index (χ2n) is 6.68. The molecule has 1 aromatic carbocycles. The third kappa shape index (κ3) is 2.48. The molecule has 0 radical (unpaired) electrons. The Hall–Kier alpha value is -3.00. The van der Waals surface area contributed by atoms with Crippen LogP contribution in [0.25, 0.3) is 31.8 Å². The van der Waals surface area contributed by atoms with Crippen LogP contribution < -0.4 is 10.5 Å². The molecular weight excluding hydrogens is 362 g/mol. The van der Waals surface area contributed by atoms with Crippen molar-refractivity contribution in [1.29, 1.82) is 0 Å². The number of benzene rings is 1. The van der Waals surface area contributed by atoms with Crippen molar-refractivity contribution in [3.63, 3.8) is 0 Å². The molecule has 8 heteroatoms. The molecule has 1 saturated heterocycles. The number of pyridine rings is 2. The van der Waals surface area contributed by atoms with E-state index in [1.54, 1.807) is 36.9 Å². The Labute approximate surface area is 158 Å². The lowest BCUT2D eigenvalue weighted by Gasteiger charge is -2.33. The number of carbonyl (C=O) groups excluding carboxylic acids is 1. The van der Waals surface area contributed by atoms with E-state index >= 15 is 0 Å². The fraction of sp³-hybridized carbons (Fsp3) is 0.263. The van der Waals surface area contributed by atoms with Crippen LogP contribution in [-0.4, -0.2) is 51.9 Å². The van der Waals surface area contributed by atoms with Crippen LogP contribution in [0.5, 0.6) is 0 Å². The Morgan fingerprint density at radius 1 is 1.15 bits per heavy atom. The number of thiazole rings is 1. The highest BCUT2D eigenvalue weighted by Gasteiger charge is 2.23. The molecule has 5 rings (SSSR count). The van der Waals surface area contributed by atoms with Crippen LogP contribution in [-0.2, 0) is 4.79 Å². The van der Waals surface area contributed by atoms with Crippen molar-refractivity contribution in [1.82, 2.24) is 19.9 Å². The number of carbonyl (C=O) groups is 1. The first-order valence-corrected chi connectivity index (χ1v) is 9.63. The number of aromatic nitrogens is 3. The predicted molar refractivity (Wildman–Crippen MR) is 108 cm³/mol. The van der Waals surface area contributed by atoms with Gasteiger partial charge in [-0.05, 0) is 12.1 Å². The molecule has 27 heavy (non-hydrogen) atoms. The van der Waals surface area contributed by atoms with E-state index in [0.29, 0.717) is 18.5 Å². The Bertz CT molecular complexity index is 1250. The molecule has 1 aliphatic rings. The largest absolute Gasteiger partial charge is 0.345 e. The Balaban J connectivity index is 1.71. The normalized spacial score (nSPS) is 15.1. The first-order chi connectivity index (χ1) is 13.1. The smallest absolute Gasteiger partial charge is 0.256 e. The average molecular weight is 379 g/mol. The molecule has 0 unspecified atom stereocenters. The number of fused-ring (bicyclic) bond motifs is 6. The highest BCUT2D eigenvalue weighted by molar-refractivity contribution is 7.23. The Morgan fingerprint density at radius 2 is 1.96 bits per heavy atom. The first-order valence-electron chi connectivity index (χ1n) is 8.81. The summed E-state index contributed by atoms with van der Waals surface area (Å²) in [7, 11) is 0. The molecule has 1 N–H and O–H groups in total. The summed E-state index contributed by atoms with van der Waals surface area (Å²) in [6.07, 6.45) is 5.14. The summed E-state index contributed by atoms with van der Waals surface area (Å²) in [5.41, 5.74) is 0.789. The zero-order valence-electron chi connectivity index (χ0n) is 14.7. The number of H-pyrrole nitrogens is 1. The highest BCUT2D eigenvalue weighted by atomic mass is 32.1. The molecule has 1 fully saturated rings. The van der Waals surface area contributed by atoms with Gasteiger partial charge in [0.15, 0.2) is 5.13 Å². The minimum atomic E-state index is -0.113. The van der Waals surface area contributed by atoms with Gasteiger partial charge in [-0.15, -0.1) is 0 Å². The van der Waals surface area contributed by atoms with Gasteiger partial charge in [-0.25, -0.2) is 4.98 Å². The maximum Gasteiger partial charge on any atom is 0.256 e. The Morgan fingerprint density at radius 3 is 2.74 bits per heavy atom. The van der Waals surface area contributed by atoms with Crippen LogP contribution in [0.4, 0.5) is 5.13 Å². The van der Waals surface area contributed by atoms with Crippen molar-refractivity contribution in [2.75, 3.05) is 31.1 Å². The van der Waals surface area contributed by atoms with Crippen molar-refractivity contribution < 1.29 is 4.79 Å². The molecule has 1 amide bonds. The quantitative estimate of drug-likeness (QED) is 0.514. The van der Waals surface area contributed by atoms with E-state index in [-0.39, 0.29) is 11.5 Å². The van der Waals surface area contributed by atoms with Crippen molar-refractivity contribution in [2.24, 2.45) is 0 Å². The zero-order chi connectivity index (χ0) is 18.5. The predicted octanol–water partition coefficient (Wildman–Crippen LogP) is 2.35. The molecule has 0 saturated carbocycles. The third-order valence-corrected chi connectivity index (χ3v) is 6.31. The molecule has 0 aliphatic carbocycles. The number of anilines is 1. The van der Waals surface area contributed by atoms with E-state index in [1.807, 2.05) is 17.0 Å². The highest BCUT2D eigenvalue weighted by Crippen LogP contribution is 2.39. The maximum absolute atomic E-state index is 12.5. The van der Waals surface area contributed by atoms with Crippen molar-refractivity contribution in [2.45, 2.75) is 6.92 Å². The van der Waals surface area contributed by atoms with Gasteiger partial charge >= 0.3 is 0 Å². The fourth-order valence-corrected chi connectivity index (χ4v) is 4.92.